The predicted molar refractivity (Wildman–Crippen MR) is 51.0 cm³/mol. The van der Waals surface area contributed by atoms with Gasteiger partial charge in [0, 0.05) is 10.7 Å². The summed E-state index contributed by atoms with van der Waals surface area (Å²) in [4.78, 5) is 14.2. The van der Waals surface area contributed by atoms with Crippen LogP contribution in [0.5, 0.6) is 0 Å². The van der Waals surface area contributed by atoms with Crippen molar-refractivity contribution >= 4 is 37.8 Å². The van der Waals surface area contributed by atoms with Crippen LogP contribution in [0.2, 0.25) is 0 Å². The monoisotopic (exact) mass is 293 g/mol. The highest BCUT2D eigenvalue weighted by atomic mass is 79.9. The van der Waals surface area contributed by atoms with Gasteiger partial charge < -0.3 is 5.11 Å². The van der Waals surface area contributed by atoms with Crippen LogP contribution in [0.3, 0.4) is 0 Å². The number of carboxylic acids is 1. The van der Waals surface area contributed by atoms with Crippen molar-refractivity contribution < 1.29 is 9.90 Å². The van der Waals surface area contributed by atoms with Crippen molar-refractivity contribution in [1.82, 2.24) is 4.98 Å². The SMILES string of the molecule is O=C(O)Cc1cc(Br)c(Br)cn1. The fourth-order valence-electron chi connectivity index (χ4n) is 0.705. The van der Waals surface area contributed by atoms with Gasteiger partial charge in [-0.05, 0) is 37.9 Å². The summed E-state index contributed by atoms with van der Waals surface area (Å²) < 4.78 is 1.63. The average Bonchev–Trinajstić information content (AvgIpc) is 1.96. The normalized spacial score (nSPS) is 9.83. The molecule has 1 rings (SSSR count). The number of aromatic nitrogens is 1. The van der Waals surface area contributed by atoms with Gasteiger partial charge in [0.2, 0.25) is 0 Å². The molecular formula is C7H5Br2NO2. The van der Waals surface area contributed by atoms with Crippen molar-refractivity contribution in [2.45, 2.75) is 6.42 Å². The van der Waals surface area contributed by atoms with Gasteiger partial charge in [-0.2, -0.15) is 0 Å². The molecule has 5 heteroatoms. The van der Waals surface area contributed by atoms with Crippen LogP contribution in [-0.2, 0) is 11.2 Å². The molecule has 0 unspecified atom stereocenters. The molecule has 12 heavy (non-hydrogen) atoms. The molecular weight excluding hydrogens is 290 g/mol. The van der Waals surface area contributed by atoms with Gasteiger partial charge in [-0.3, -0.25) is 9.78 Å². The zero-order valence-electron chi connectivity index (χ0n) is 5.92. The third-order valence-electron chi connectivity index (χ3n) is 1.20. The second-order valence-corrected chi connectivity index (χ2v) is 3.87. The molecule has 0 saturated heterocycles. The molecule has 1 N–H and O–H groups in total. The number of hydrogen-bond donors (Lipinski definition) is 1. The first-order chi connectivity index (χ1) is 5.59. The lowest BCUT2D eigenvalue weighted by Crippen LogP contribution is -2.01. The van der Waals surface area contributed by atoms with Crippen LogP contribution in [0.1, 0.15) is 5.69 Å². The third kappa shape index (κ3) is 2.57. The van der Waals surface area contributed by atoms with Gasteiger partial charge in [-0.15, -0.1) is 0 Å². The van der Waals surface area contributed by atoms with E-state index in [1.54, 1.807) is 12.3 Å². The zero-order valence-corrected chi connectivity index (χ0v) is 9.09. The Hall–Kier alpha value is -0.420. The van der Waals surface area contributed by atoms with Crippen molar-refractivity contribution in [2.75, 3.05) is 0 Å². The van der Waals surface area contributed by atoms with Crippen molar-refractivity contribution in [2.24, 2.45) is 0 Å². The number of carbonyl (C=O) groups is 1. The Morgan fingerprint density at radius 2 is 2.17 bits per heavy atom. The van der Waals surface area contributed by atoms with Crippen molar-refractivity contribution in [1.29, 1.82) is 0 Å². The largest absolute Gasteiger partial charge is 0.481 e. The van der Waals surface area contributed by atoms with Crippen LogP contribution >= 0.6 is 31.9 Å². The molecule has 1 aromatic heterocycles. The second kappa shape index (κ2) is 4.00. The second-order valence-electron chi connectivity index (χ2n) is 2.16. The Balaban J connectivity index is 2.89. The number of aliphatic carboxylic acids is 1. The number of pyridine rings is 1. The Morgan fingerprint density at radius 3 is 2.67 bits per heavy atom. The number of nitrogens with zero attached hydrogens (tertiary/aromatic N) is 1. The van der Waals surface area contributed by atoms with Crippen molar-refractivity contribution in [3.63, 3.8) is 0 Å². The summed E-state index contributed by atoms with van der Waals surface area (Å²) in [6.45, 7) is 0. The van der Waals surface area contributed by atoms with E-state index in [1.165, 1.54) is 0 Å². The van der Waals surface area contributed by atoms with Gasteiger partial charge in [0.15, 0.2) is 0 Å². The molecule has 0 amide bonds. The molecule has 64 valence electrons. The summed E-state index contributed by atoms with van der Waals surface area (Å²) in [5.41, 5.74) is 0.539. The van der Waals surface area contributed by atoms with E-state index in [0.29, 0.717) is 5.69 Å². The first-order valence-corrected chi connectivity index (χ1v) is 4.70. The fourth-order valence-corrected chi connectivity index (χ4v) is 1.29. The first-order valence-electron chi connectivity index (χ1n) is 3.11. The minimum Gasteiger partial charge on any atom is -0.481 e. The molecule has 0 atom stereocenters. The van der Waals surface area contributed by atoms with E-state index in [2.05, 4.69) is 36.8 Å². The van der Waals surface area contributed by atoms with Crippen LogP contribution in [0.4, 0.5) is 0 Å². The maximum absolute atomic E-state index is 10.3. The molecule has 3 nitrogen and oxygen atoms in total. The molecule has 0 radical (unpaired) electrons. The summed E-state index contributed by atoms with van der Waals surface area (Å²) >= 11 is 6.49. The first kappa shape index (κ1) is 9.67. The number of hydrogen-bond acceptors (Lipinski definition) is 2. The van der Waals surface area contributed by atoms with E-state index >= 15 is 0 Å². The third-order valence-corrected chi connectivity index (χ3v) is 3.02. The Bertz CT molecular complexity index is 314. The molecule has 0 spiro atoms. The van der Waals surface area contributed by atoms with E-state index in [-0.39, 0.29) is 6.42 Å². The quantitative estimate of drug-likeness (QED) is 0.910. The maximum Gasteiger partial charge on any atom is 0.309 e. The Morgan fingerprint density at radius 1 is 1.50 bits per heavy atom. The van der Waals surface area contributed by atoms with Gasteiger partial charge in [0.05, 0.1) is 16.6 Å². The highest BCUT2D eigenvalue weighted by Crippen LogP contribution is 2.22. The minimum atomic E-state index is -0.878. The van der Waals surface area contributed by atoms with Crippen LogP contribution in [0.15, 0.2) is 21.2 Å². The van der Waals surface area contributed by atoms with E-state index in [0.717, 1.165) is 8.95 Å². The van der Waals surface area contributed by atoms with Crippen LogP contribution in [0, 0.1) is 0 Å². The molecule has 0 fully saturated rings. The lowest BCUT2D eigenvalue weighted by Gasteiger charge is -1.98. The summed E-state index contributed by atoms with van der Waals surface area (Å²) in [5.74, 6) is -0.878. The van der Waals surface area contributed by atoms with Crippen molar-refractivity contribution in [3.05, 3.63) is 26.9 Å². The van der Waals surface area contributed by atoms with Gasteiger partial charge in [-0.1, -0.05) is 0 Å². The van der Waals surface area contributed by atoms with E-state index in [4.69, 9.17) is 5.11 Å². The lowest BCUT2D eigenvalue weighted by atomic mass is 10.3. The predicted octanol–water partition coefficient (Wildman–Crippen LogP) is 2.23. The molecule has 1 aromatic rings. The molecule has 0 aliphatic rings. The number of rotatable bonds is 2. The van der Waals surface area contributed by atoms with E-state index in [1.807, 2.05) is 0 Å². The zero-order chi connectivity index (χ0) is 9.14. The van der Waals surface area contributed by atoms with Gasteiger partial charge in [-0.25, -0.2) is 0 Å². The van der Waals surface area contributed by atoms with Crippen LogP contribution in [0.25, 0.3) is 0 Å². The average molecular weight is 295 g/mol. The Kier molecular flexibility index (Phi) is 3.22. The van der Waals surface area contributed by atoms with Gasteiger partial charge >= 0.3 is 5.97 Å². The molecule has 0 saturated carbocycles. The number of carboxylic acid groups (broad SMARTS) is 1. The Labute approximate surface area is 86.1 Å². The van der Waals surface area contributed by atoms with Crippen LogP contribution in [-0.4, -0.2) is 16.1 Å². The standard InChI is InChI=1S/C7H5Br2NO2/c8-5-1-4(2-7(11)12)10-3-6(5)9/h1,3H,2H2,(H,11,12). The summed E-state index contributed by atoms with van der Waals surface area (Å²) in [6, 6.07) is 1.68. The summed E-state index contributed by atoms with van der Waals surface area (Å²) in [7, 11) is 0. The lowest BCUT2D eigenvalue weighted by molar-refractivity contribution is -0.136. The van der Waals surface area contributed by atoms with Gasteiger partial charge in [0.25, 0.3) is 0 Å². The molecule has 0 aromatic carbocycles. The smallest absolute Gasteiger partial charge is 0.309 e. The highest BCUT2D eigenvalue weighted by molar-refractivity contribution is 9.13. The molecule has 0 aliphatic carbocycles. The van der Waals surface area contributed by atoms with Gasteiger partial charge in [0.1, 0.15) is 0 Å². The van der Waals surface area contributed by atoms with E-state index in [9.17, 15) is 4.79 Å². The highest BCUT2D eigenvalue weighted by Gasteiger charge is 2.03. The number of halogens is 2. The minimum absolute atomic E-state index is 0.0497. The molecule has 1 heterocycles. The summed E-state index contributed by atoms with van der Waals surface area (Å²) in [6.07, 6.45) is 1.52. The summed E-state index contributed by atoms with van der Waals surface area (Å²) in [5, 5.41) is 8.46. The molecule has 0 bridgehead atoms. The topological polar surface area (TPSA) is 50.2 Å². The van der Waals surface area contributed by atoms with Crippen LogP contribution < -0.4 is 0 Å². The van der Waals surface area contributed by atoms with E-state index < -0.39 is 5.97 Å². The fraction of sp³-hybridized carbons (Fsp3) is 0.143. The molecule has 0 aliphatic heterocycles. The van der Waals surface area contributed by atoms with Crippen molar-refractivity contribution in [3.8, 4) is 0 Å². The maximum atomic E-state index is 10.3.